The van der Waals surface area contributed by atoms with Gasteiger partial charge in [-0.15, -0.1) is 24.8 Å². The molecule has 3 aliphatic rings. The third-order valence-electron chi connectivity index (χ3n) is 6.23. The van der Waals surface area contributed by atoms with Crippen LogP contribution in [0.1, 0.15) is 32.1 Å². The number of amides is 1. The van der Waals surface area contributed by atoms with Crippen LogP contribution in [-0.2, 0) is 4.79 Å². The molecule has 0 radical (unpaired) electrons. The van der Waals surface area contributed by atoms with Crippen molar-refractivity contribution >= 4 is 36.5 Å². The number of fused-ring (bicyclic) bond motifs is 2. The van der Waals surface area contributed by atoms with Gasteiger partial charge in [0, 0.05) is 50.5 Å². The van der Waals surface area contributed by atoms with E-state index in [1.807, 2.05) is 0 Å². The van der Waals surface area contributed by atoms with E-state index in [0.717, 1.165) is 44.8 Å². The van der Waals surface area contributed by atoms with E-state index in [0.29, 0.717) is 23.8 Å². The van der Waals surface area contributed by atoms with E-state index >= 15 is 0 Å². The number of halogens is 2. The maximum Gasteiger partial charge on any atom is 0.225 e. The molecule has 2 aliphatic carbocycles. The first-order valence-electron chi connectivity index (χ1n) is 9.27. The summed E-state index contributed by atoms with van der Waals surface area (Å²) in [7, 11) is 0. The Labute approximate surface area is 167 Å². The first-order chi connectivity index (χ1) is 11.7. The summed E-state index contributed by atoms with van der Waals surface area (Å²) in [6.07, 6.45) is 10.9. The van der Waals surface area contributed by atoms with Crippen LogP contribution < -0.4 is 10.6 Å². The van der Waals surface area contributed by atoms with E-state index in [1.165, 1.54) is 19.3 Å². The van der Waals surface area contributed by atoms with E-state index in [2.05, 4.69) is 19.8 Å². The summed E-state index contributed by atoms with van der Waals surface area (Å²) < 4.78 is 0. The van der Waals surface area contributed by atoms with Crippen LogP contribution in [0.2, 0.25) is 0 Å². The minimum Gasteiger partial charge on any atom is -0.352 e. The Morgan fingerprint density at radius 3 is 2.27 bits per heavy atom. The van der Waals surface area contributed by atoms with Gasteiger partial charge >= 0.3 is 0 Å². The molecule has 1 aromatic heterocycles. The third-order valence-corrected chi connectivity index (χ3v) is 6.23. The summed E-state index contributed by atoms with van der Waals surface area (Å²) in [5.74, 6) is 2.59. The van der Waals surface area contributed by atoms with Crippen molar-refractivity contribution in [2.45, 2.75) is 38.1 Å². The molecule has 4 rings (SSSR count). The molecule has 8 heteroatoms. The summed E-state index contributed by atoms with van der Waals surface area (Å²) in [5, 5.41) is 0. The Kier molecular flexibility index (Phi) is 7.50. The predicted octanol–water partition coefficient (Wildman–Crippen LogP) is 2.12. The first kappa shape index (κ1) is 21.2. The molecule has 0 spiro atoms. The van der Waals surface area contributed by atoms with Crippen molar-refractivity contribution in [3.8, 4) is 0 Å². The molecular formula is C18H29Cl2N5O. The van der Waals surface area contributed by atoms with Gasteiger partial charge in [-0.3, -0.25) is 9.78 Å². The quantitative estimate of drug-likeness (QED) is 0.820. The zero-order valence-electron chi connectivity index (χ0n) is 15.0. The van der Waals surface area contributed by atoms with Gasteiger partial charge < -0.3 is 15.5 Å². The number of piperazine rings is 1. The fourth-order valence-electron chi connectivity index (χ4n) is 4.86. The highest BCUT2D eigenvalue weighted by Gasteiger charge is 2.41. The molecule has 146 valence electrons. The van der Waals surface area contributed by atoms with Gasteiger partial charge in [0.15, 0.2) is 0 Å². The molecule has 2 bridgehead atoms. The van der Waals surface area contributed by atoms with Crippen LogP contribution in [0.15, 0.2) is 18.6 Å². The second-order valence-corrected chi connectivity index (χ2v) is 7.57. The molecule has 3 fully saturated rings. The third kappa shape index (κ3) is 4.24. The van der Waals surface area contributed by atoms with Crippen molar-refractivity contribution in [2.75, 3.05) is 31.1 Å². The van der Waals surface area contributed by atoms with Crippen molar-refractivity contribution in [3.05, 3.63) is 18.6 Å². The molecule has 6 nitrogen and oxygen atoms in total. The second-order valence-electron chi connectivity index (χ2n) is 7.57. The van der Waals surface area contributed by atoms with Crippen LogP contribution >= 0.6 is 24.8 Å². The molecule has 26 heavy (non-hydrogen) atoms. The highest BCUT2D eigenvalue weighted by molar-refractivity contribution is 5.85. The summed E-state index contributed by atoms with van der Waals surface area (Å²) in [5.41, 5.74) is 6.36. The molecular weight excluding hydrogens is 373 g/mol. The van der Waals surface area contributed by atoms with Gasteiger partial charge in [-0.25, -0.2) is 4.98 Å². The average molecular weight is 402 g/mol. The molecule has 1 aromatic rings. The Hall–Kier alpha value is -1.11. The second kappa shape index (κ2) is 9.20. The van der Waals surface area contributed by atoms with Crippen LogP contribution in [0, 0.1) is 17.8 Å². The number of rotatable bonds is 2. The van der Waals surface area contributed by atoms with Gasteiger partial charge in [0.1, 0.15) is 5.82 Å². The maximum absolute atomic E-state index is 13.0. The molecule has 1 amide bonds. The van der Waals surface area contributed by atoms with E-state index in [4.69, 9.17) is 5.73 Å². The Bertz CT molecular complexity index is 568. The summed E-state index contributed by atoms with van der Waals surface area (Å²) in [4.78, 5) is 25.7. The molecule has 1 saturated heterocycles. The van der Waals surface area contributed by atoms with Crippen molar-refractivity contribution in [1.82, 2.24) is 14.9 Å². The van der Waals surface area contributed by atoms with Crippen LogP contribution in [0.5, 0.6) is 0 Å². The number of carbonyl (C=O) groups excluding carboxylic acids is 1. The fraction of sp³-hybridized carbons (Fsp3) is 0.722. The molecule has 2 saturated carbocycles. The van der Waals surface area contributed by atoms with Crippen LogP contribution in [0.4, 0.5) is 5.82 Å². The maximum atomic E-state index is 13.0. The number of anilines is 1. The fourth-order valence-corrected chi connectivity index (χ4v) is 4.86. The molecule has 2 atom stereocenters. The lowest BCUT2D eigenvalue weighted by atomic mass is 9.65. The van der Waals surface area contributed by atoms with Crippen molar-refractivity contribution < 1.29 is 4.79 Å². The zero-order valence-corrected chi connectivity index (χ0v) is 16.6. The number of hydrogen-bond donors (Lipinski definition) is 1. The Balaban J connectivity index is 0.00000121. The summed E-state index contributed by atoms with van der Waals surface area (Å²) in [6, 6.07) is 0.330. The number of aromatic nitrogens is 2. The number of nitrogens with two attached hydrogens (primary N) is 1. The molecule has 2 unspecified atom stereocenters. The smallest absolute Gasteiger partial charge is 0.225 e. The van der Waals surface area contributed by atoms with Gasteiger partial charge in [-0.1, -0.05) is 6.42 Å². The van der Waals surface area contributed by atoms with Crippen molar-refractivity contribution in [3.63, 3.8) is 0 Å². The zero-order chi connectivity index (χ0) is 16.5. The topological polar surface area (TPSA) is 75.4 Å². The van der Waals surface area contributed by atoms with E-state index in [9.17, 15) is 4.79 Å². The largest absolute Gasteiger partial charge is 0.352 e. The van der Waals surface area contributed by atoms with Crippen molar-refractivity contribution in [2.24, 2.45) is 23.5 Å². The molecule has 2 N–H and O–H groups in total. The van der Waals surface area contributed by atoms with Gasteiger partial charge in [0.25, 0.3) is 0 Å². The lowest BCUT2D eigenvalue weighted by Crippen LogP contribution is -2.53. The van der Waals surface area contributed by atoms with E-state index < -0.39 is 0 Å². The lowest BCUT2D eigenvalue weighted by Gasteiger charge is -2.45. The Morgan fingerprint density at radius 2 is 1.69 bits per heavy atom. The van der Waals surface area contributed by atoms with Gasteiger partial charge in [0.05, 0.1) is 6.20 Å². The summed E-state index contributed by atoms with van der Waals surface area (Å²) >= 11 is 0. The van der Waals surface area contributed by atoms with Crippen molar-refractivity contribution in [1.29, 1.82) is 0 Å². The van der Waals surface area contributed by atoms with Gasteiger partial charge in [-0.05, 0) is 37.5 Å². The van der Waals surface area contributed by atoms with Crippen LogP contribution in [0.25, 0.3) is 0 Å². The molecule has 1 aliphatic heterocycles. The van der Waals surface area contributed by atoms with Gasteiger partial charge in [0.2, 0.25) is 5.91 Å². The minimum atomic E-state index is 0. The van der Waals surface area contributed by atoms with Crippen LogP contribution in [0.3, 0.4) is 0 Å². The average Bonchev–Trinajstić information content (AvgIpc) is 2.62. The minimum absolute atomic E-state index is 0. The molecule has 0 aromatic carbocycles. The number of hydrogen-bond acceptors (Lipinski definition) is 5. The predicted molar refractivity (Wildman–Crippen MR) is 107 cm³/mol. The van der Waals surface area contributed by atoms with Gasteiger partial charge in [-0.2, -0.15) is 0 Å². The van der Waals surface area contributed by atoms with E-state index in [-0.39, 0.29) is 30.7 Å². The number of carbonyl (C=O) groups is 1. The SMILES string of the molecule is Cl.Cl.NC1C2CCCC1CC(C(=O)N1CCN(c3cnccn3)CC1)C2. The standard InChI is InChI=1S/C18H27N5O.2ClH/c19-17-13-2-1-3-14(17)11-15(10-13)18(24)23-8-6-22(7-9-23)16-12-20-4-5-21-16;;/h4-5,12-15,17H,1-3,6-11,19H2;2*1H. The summed E-state index contributed by atoms with van der Waals surface area (Å²) in [6.45, 7) is 3.24. The lowest BCUT2D eigenvalue weighted by molar-refractivity contribution is -0.138. The highest BCUT2D eigenvalue weighted by atomic mass is 35.5. The van der Waals surface area contributed by atoms with E-state index in [1.54, 1.807) is 18.6 Å². The Morgan fingerprint density at radius 1 is 1.04 bits per heavy atom. The van der Waals surface area contributed by atoms with Crippen LogP contribution in [-0.4, -0.2) is 53.0 Å². The number of nitrogens with zero attached hydrogens (tertiary/aromatic N) is 4. The highest BCUT2D eigenvalue weighted by Crippen LogP contribution is 2.42. The normalized spacial score (nSPS) is 30.8. The monoisotopic (exact) mass is 401 g/mol. The molecule has 2 heterocycles. The first-order valence-corrected chi connectivity index (χ1v) is 9.27.